The lowest BCUT2D eigenvalue weighted by Crippen LogP contribution is -2.23. The molecule has 4 heteroatoms. The molecular weight excluding hydrogens is 197 g/mol. The number of rotatable bonds is 2. The molecule has 0 saturated carbocycles. The highest BCUT2D eigenvalue weighted by atomic mass is 19.1. The average Bonchev–Trinajstić information content (AvgIpc) is 2.22. The number of amides is 1. The Morgan fingerprint density at radius 3 is 3.00 bits per heavy atom. The van der Waals surface area contributed by atoms with Gasteiger partial charge in [0.25, 0.3) is 5.91 Å². The predicted molar refractivity (Wildman–Crippen MR) is 53.8 cm³/mol. The number of phenols is 1. The first-order chi connectivity index (χ1) is 7.15. The normalized spacial score (nSPS) is 8.93. The van der Waals surface area contributed by atoms with Crippen LogP contribution in [0, 0.1) is 17.7 Å². The van der Waals surface area contributed by atoms with Crippen LogP contribution < -0.4 is 5.32 Å². The summed E-state index contributed by atoms with van der Waals surface area (Å²) in [6.45, 7) is 1.82. The average molecular weight is 207 g/mol. The van der Waals surface area contributed by atoms with Crippen molar-refractivity contribution in [3.05, 3.63) is 29.6 Å². The molecular formula is C11H10FNO2. The van der Waals surface area contributed by atoms with Crippen LogP contribution in [0.1, 0.15) is 17.3 Å². The van der Waals surface area contributed by atoms with Crippen LogP contribution in [0.4, 0.5) is 4.39 Å². The van der Waals surface area contributed by atoms with E-state index in [2.05, 4.69) is 17.2 Å². The molecule has 0 aromatic heterocycles. The second-order valence-corrected chi connectivity index (χ2v) is 2.77. The Labute approximate surface area is 86.9 Å². The summed E-state index contributed by atoms with van der Waals surface area (Å²) >= 11 is 0. The minimum absolute atomic E-state index is 0.0899. The Bertz CT molecular complexity index is 432. The lowest BCUT2D eigenvalue weighted by atomic mass is 10.2. The molecule has 78 valence electrons. The highest BCUT2D eigenvalue weighted by Gasteiger charge is 2.10. The number of nitrogens with one attached hydrogen (secondary N) is 1. The van der Waals surface area contributed by atoms with Crippen LogP contribution in [0.2, 0.25) is 0 Å². The fourth-order valence-electron chi connectivity index (χ4n) is 0.998. The summed E-state index contributed by atoms with van der Waals surface area (Å²) in [6, 6.07) is 3.19. The summed E-state index contributed by atoms with van der Waals surface area (Å²) in [4.78, 5) is 11.4. The summed E-state index contributed by atoms with van der Waals surface area (Å²) < 4.78 is 12.8. The van der Waals surface area contributed by atoms with Gasteiger partial charge in [-0.2, -0.15) is 0 Å². The van der Waals surface area contributed by atoms with E-state index in [1.54, 1.807) is 6.92 Å². The molecule has 2 N–H and O–H groups in total. The summed E-state index contributed by atoms with van der Waals surface area (Å²) in [5.74, 6) is 3.86. The zero-order chi connectivity index (χ0) is 11.3. The van der Waals surface area contributed by atoms with Crippen molar-refractivity contribution in [3.8, 4) is 17.6 Å². The van der Waals surface area contributed by atoms with Gasteiger partial charge in [-0.05, 0) is 25.1 Å². The zero-order valence-electron chi connectivity index (χ0n) is 8.17. The van der Waals surface area contributed by atoms with Crippen LogP contribution >= 0.6 is 0 Å². The van der Waals surface area contributed by atoms with Gasteiger partial charge in [0.1, 0.15) is 11.6 Å². The van der Waals surface area contributed by atoms with Crippen molar-refractivity contribution in [1.29, 1.82) is 0 Å². The number of halogens is 1. The molecule has 0 aliphatic carbocycles. The van der Waals surface area contributed by atoms with Crippen LogP contribution in [0.3, 0.4) is 0 Å². The fraction of sp³-hybridized carbons (Fsp3) is 0.182. The molecule has 0 radical (unpaired) electrons. The maximum Gasteiger partial charge on any atom is 0.255 e. The molecule has 0 saturated heterocycles. The van der Waals surface area contributed by atoms with Gasteiger partial charge in [0.05, 0.1) is 12.1 Å². The van der Waals surface area contributed by atoms with Crippen LogP contribution in [0.5, 0.6) is 5.75 Å². The Balaban J connectivity index is 2.80. The van der Waals surface area contributed by atoms with Crippen molar-refractivity contribution in [2.75, 3.05) is 6.54 Å². The highest BCUT2D eigenvalue weighted by Crippen LogP contribution is 2.17. The van der Waals surface area contributed by atoms with Gasteiger partial charge in [0.15, 0.2) is 0 Å². The molecule has 0 aliphatic rings. The van der Waals surface area contributed by atoms with E-state index in [1.165, 1.54) is 0 Å². The summed E-state index contributed by atoms with van der Waals surface area (Å²) in [6.07, 6.45) is 0. The van der Waals surface area contributed by atoms with Gasteiger partial charge in [-0.1, -0.05) is 5.92 Å². The van der Waals surface area contributed by atoms with E-state index in [4.69, 9.17) is 0 Å². The van der Waals surface area contributed by atoms with Crippen LogP contribution in [0.25, 0.3) is 0 Å². The van der Waals surface area contributed by atoms with Crippen molar-refractivity contribution >= 4 is 5.91 Å². The number of carbonyl (C=O) groups is 1. The van der Waals surface area contributed by atoms with Crippen LogP contribution in [-0.2, 0) is 0 Å². The molecule has 1 rings (SSSR count). The zero-order valence-corrected chi connectivity index (χ0v) is 8.17. The Kier molecular flexibility index (Phi) is 3.69. The lowest BCUT2D eigenvalue weighted by Gasteiger charge is -2.03. The fourth-order valence-corrected chi connectivity index (χ4v) is 0.998. The van der Waals surface area contributed by atoms with Gasteiger partial charge in [-0.15, -0.1) is 5.92 Å². The second-order valence-electron chi connectivity index (χ2n) is 2.77. The largest absolute Gasteiger partial charge is 0.507 e. The minimum Gasteiger partial charge on any atom is -0.507 e. The van der Waals surface area contributed by atoms with E-state index in [1.807, 2.05) is 0 Å². The SMILES string of the molecule is CC#CCNC(=O)c1cc(F)ccc1O. The molecule has 0 aliphatic heterocycles. The minimum atomic E-state index is -0.570. The predicted octanol–water partition coefficient (Wildman–Crippen LogP) is 1.28. The third-order valence-electron chi connectivity index (χ3n) is 1.72. The van der Waals surface area contributed by atoms with E-state index >= 15 is 0 Å². The third kappa shape index (κ3) is 2.99. The maximum atomic E-state index is 12.8. The van der Waals surface area contributed by atoms with E-state index in [0.717, 1.165) is 18.2 Å². The van der Waals surface area contributed by atoms with Gasteiger partial charge in [-0.3, -0.25) is 4.79 Å². The Hall–Kier alpha value is -2.02. The van der Waals surface area contributed by atoms with Crippen molar-refractivity contribution in [2.45, 2.75) is 6.92 Å². The topological polar surface area (TPSA) is 49.3 Å². The molecule has 15 heavy (non-hydrogen) atoms. The molecule has 1 amide bonds. The van der Waals surface area contributed by atoms with E-state index in [-0.39, 0.29) is 17.9 Å². The summed E-state index contributed by atoms with van der Waals surface area (Å²) in [5.41, 5.74) is -0.0899. The molecule has 1 aromatic rings. The van der Waals surface area contributed by atoms with Gasteiger partial charge in [-0.25, -0.2) is 4.39 Å². The first-order valence-electron chi connectivity index (χ1n) is 4.31. The highest BCUT2D eigenvalue weighted by molar-refractivity contribution is 5.96. The molecule has 3 nitrogen and oxygen atoms in total. The van der Waals surface area contributed by atoms with Gasteiger partial charge in [0, 0.05) is 0 Å². The second kappa shape index (κ2) is 5.01. The molecule has 1 aromatic carbocycles. The molecule has 0 spiro atoms. The molecule has 0 heterocycles. The Morgan fingerprint density at radius 2 is 2.33 bits per heavy atom. The van der Waals surface area contributed by atoms with Crippen molar-refractivity contribution in [2.24, 2.45) is 0 Å². The Morgan fingerprint density at radius 1 is 1.60 bits per heavy atom. The molecule has 0 unspecified atom stereocenters. The van der Waals surface area contributed by atoms with E-state index < -0.39 is 11.7 Å². The number of aromatic hydroxyl groups is 1. The van der Waals surface area contributed by atoms with Gasteiger partial charge < -0.3 is 10.4 Å². The number of benzene rings is 1. The van der Waals surface area contributed by atoms with Crippen LogP contribution in [-0.4, -0.2) is 17.6 Å². The van der Waals surface area contributed by atoms with E-state index in [9.17, 15) is 14.3 Å². The van der Waals surface area contributed by atoms with Crippen molar-refractivity contribution < 1.29 is 14.3 Å². The smallest absolute Gasteiger partial charge is 0.255 e. The van der Waals surface area contributed by atoms with Gasteiger partial charge in [0.2, 0.25) is 0 Å². The van der Waals surface area contributed by atoms with E-state index in [0.29, 0.717) is 0 Å². The first-order valence-corrected chi connectivity index (χ1v) is 4.31. The monoisotopic (exact) mass is 207 g/mol. The number of hydrogen-bond donors (Lipinski definition) is 2. The summed E-state index contributed by atoms with van der Waals surface area (Å²) in [7, 11) is 0. The van der Waals surface area contributed by atoms with Crippen molar-refractivity contribution in [1.82, 2.24) is 5.32 Å². The van der Waals surface area contributed by atoms with Gasteiger partial charge >= 0.3 is 0 Å². The third-order valence-corrected chi connectivity index (χ3v) is 1.72. The summed E-state index contributed by atoms with van der Waals surface area (Å²) in [5, 5.41) is 11.7. The number of hydrogen-bond acceptors (Lipinski definition) is 2. The molecule has 0 bridgehead atoms. The number of phenolic OH excluding ortho intramolecular Hbond substituents is 1. The standard InChI is InChI=1S/C11H10FNO2/c1-2-3-6-13-11(15)9-7-8(12)4-5-10(9)14/h4-5,7,14H,6H2,1H3,(H,13,15). The first kappa shape index (κ1) is 11.1. The molecule has 0 fully saturated rings. The number of carbonyl (C=O) groups excluding carboxylic acids is 1. The van der Waals surface area contributed by atoms with Crippen LogP contribution in [0.15, 0.2) is 18.2 Å². The quantitative estimate of drug-likeness (QED) is 0.718. The van der Waals surface area contributed by atoms with Crippen molar-refractivity contribution in [3.63, 3.8) is 0 Å². The maximum absolute atomic E-state index is 12.8. The molecule has 0 atom stereocenters. The lowest BCUT2D eigenvalue weighted by molar-refractivity contribution is 0.0955.